The highest BCUT2D eigenvalue weighted by Gasteiger charge is 2.19. The molecule has 6 heteroatoms. The Morgan fingerprint density at radius 3 is 2.59 bits per heavy atom. The van der Waals surface area contributed by atoms with Gasteiger partial charge in [0.25, 0.3) is 0 Å². The summed E-state index contributed by atoms with van der Waals surface area (Å²) in [5.74, 6) is 0.0183. The van der Waals surface area contributed by atoms with Gasteiger partial charge in [-0.25, -0.2) is 4.79 Å². The molecule has 6 nitrogen and oxygen atoms in total. The van der Waals surface area contributed by atoms with Crippen molar-refractivity contribution in [1.29, 1.82) is 0 Å². The first kappa shape index (κ1) is 14.8. The van der Waals surface area contributed by atoms with Gasteiger partial charge in [-0.2, -0.15) is 0 Å². The first-order valence-electron chi connectivity index (χ1n) is 7.89. The Balaban J connectivity index is 1.92. The molecule has 0 unspecified atom stereocenters. The summed E-state index contributed by atoms with van der Waals surface area (Å²) >= 11 is 0. The van der Waals surface area contributed by atoms with Gasteiger partial charge >= 0.3 is 5.69 Å². The second-order valence-electron chi connectivity index (χ2n) is 5.59. The predicted molar refractivity (Wildman–Crippen MR) is 85.9 cm³/mol. The Kier molecular flexibility index (Phi) is 4.29. The van der Waals surface area contributed by atoms with Gasteiger partial charge in [0.05, 0.1) is 11.0 Å². The molecule has 2 aromatic rings. The van der Waals surface area contributed by atoms with Crippen LogP contribution < -0.4 is 11.0 Å². The minimum atomic E-state index is -0.106. The molecule has 0 aliphatic carbocycles. The largest absolute Gasteiger partial charge is 0.340 e. The average molecular weight is 302 g/mol. The molecule has 0 atom stereocenters. The number of hydrogen-bond acceptors (Lipinski definition) is 3. The van der Waals surface area contributed by atoms with Gasteiger partial charge in [0, 0.05) is 26.2 Å². The van der Waals surface area contributed by atoms with E-state index in [1.54, 1.807) is 9.13 Å². The van der Waals surface area contributed by atoms with E-state index in [9.17, 15) is 9.59 Å². The number of carbonyl (C=O) groups excluding carboxylic acids is 1. The van der Waals surface area contributed by atoms with Crippen LogP contribution in [0.1, 0.15) is 13.3 Å². The molecule has 1 aliphatic rings. The van der Waals surface area contributed by atoms with Gasteiger partial charge in [-0.15, -0.1) is 0 Å². The number of fused-ring (bicyclic) bond motifs is 1. The summed E-state index contributed by atoms with van der Waals surface area (Å²) < 4.78 is 3.31. The second kappa shape index (κ2) is 6.36. The summed E-state index contributed by atoms with van der Waals surface area (Å²) in [6.45, 7) is 5.89. The van der Waals surface area contributed by atoms with Crippen molar-refractivity contribution in [3.63, 3.8) is 0 Å². The number of aromatic nitrogens is 2. The maximum Gasteiger partial charge on any atom is 0.329 e. The number of nitrogens with zero attached hydrogens (tertiary/aromatic N) is 3. The van der Waals surface area contributed by atoms with Crippen molar-refractivity contribution in [2.24, 2.45) is 0 Å². The van der Waals surface area contributed by atoms with Crippen LogP contribution in [0.4, 0.5) is 0 Å². The van der Waals surface area contributed by atoms with E-state index in [1.807, 2.05) is 36.1 Å². The highest BCUT2D eigenvalue weighted by molar-refractivity contribution is 5.81. The monoisotopic (exact) mass is 302 g/mol. The van der Waals surface area contributed by atoms with Crippen LogP contribution >= 0.6 is 0 Å². The van der Waals surface area contributed by atoms with Crippen LogP contribution in [0.5, 0.6) is 0 Å². The van der Waals surface area contributed by atoms with E-state index in [4.69, 9.17) is 0 Å². The third-order valence-corrected chi connectivity index (χ3v) is 4.23. The molecule has 118 valence electrons. The molecule has 0 spiro atoms. The van der Waals surface area contributed by atoms with Crippen LogP contribution in [-0.2, 0) is 17.9 Å². The summed E-state index contributed by atoms with van der Waals surface area (Å²) in [6, 6.07) is 7.65. The fourth-order valence-corrected chi connectivity index (χ4v) is 3.06. The molecule has 2 heterocycles. The molecular formula is C16H22N4O2. The van der Waals surface area contributed by atoms with E-state index in [1.165, 1.54) is 0 Å². The average Bonchev–Trinajstić information content (AvgIpc) is 2.73. The maximum atomic E-state index is 12.5. The Labute approximate surface area is 129 Å². The van der Waals surface area contributed by atoms with Crippen LogP contribution in [0.25, 0.3) is 11.0 Å². The molecule has 22 heavy (non-hydrogen) atoms. The molecule has 1 N–H and O–H groups in total. The number of hydrogen-bond donors (Lipinski definition) is 1. The van der Waals surface area contributed by atoms with Gasteiger partial charge in [0.2, 0.25) is 5.91 Å². The summed E-state index contributed by atoms with van der Waals surface area (Å²) in [4.78, 5) is 26.9. The van der Waals surface area contributed by atoms with Crippen molar-refractivity contribution >= 4 is 16.9 Å². The number of carbonyl (C=O) groups is 1. The molecule has 0 radical (unpaired) electrons. The molecular weight excluding hydrogens is 280 g/mol. The van der Waals surface area contributed by atoms with Crippen LogP contribution in [0, 0.1) is 0 Å². The zero-order valence-electron chi connectivity index (χ0n) is 12.9. The van der Waals surface area contributed by atoms with E-state index in [-0.39, 0.29) is 18.1 Å². The van der Waals surface area contributed by atoms with Crippen molar-refractivity contribution in [3.8, 4) is 0 Å². The van der Waals surface area contributed by atoms with Gasteiger partial charge in [-0.1, -0.05) is 12.1 Å². The number of amides is 1. The summed E-state index contributed by atoms with van der Waals surface area (Å²) in [5.41, 5.74) is 1.61. The molecule has 1 fully saturated rings. The number of imidazole rings is 1. The standard InChI is InChI=1S/C16H22N4O2/c1-2-19-13-6-3-4-7-14(13)20(16(19)22)12-15(21)18-10-5-8-17-9-11-18/h3-4,6-7,17H,2,5,8-12H2,1H3. The third kappa shape index (κ3) is 2.66. The Morgan fingerprint density at radius 1 is 1.14 bits per heavy atom. The number of aryl methyl sites for hydroxylation is 1. The van der Waals surface area contributed by atoms with Crippen LogP contribution in [0.2, 0.25) is 0 Å². The Bertz CT molecular complexity index is 723. The molecule has 0 bridgehead atoms. The SMILES string of the molecule is CCn1c(=O)n(CC(=O)N2CCCNCC2)c2ccccc21. The van der Waals surface area contributed by atoms with Gasteiger partial charge in [-0.3, -0.25) is 13.9 Å². The number of benzene rings is 1. The molecule has 0 saturated carbocycles. The highest BCUT2D eigenvalue weighted by Crippen LogP contribution is 2.13. The topological polar surface area (TPSA) is 59.3 Å². The normalized spacial score (nSPS) is 16.0. The van der Waals surface area contributed by atoms with Gasteiger partial charge in [0.15, 0.2) is 0 Å². The van der Waals surface area contributed by atoms with Crippen molar-refractivity contribution < 1.29 is 4.79 Å². The zero-order valence-corrected chi connectivity index (χ0v) is 12.9. The molecule has 1 aromatic carbocycles. The molecule has 1 aliphatic heterocycles. The number of rotatable bonds is 3. The van der Waals surface area contributed by atoms with Crippen molar-refractivity contribution in [1.82, 2.24) is 19.4 Å². The third-order valence-electron chi connectivity index (χ3n) is 4.23. The zero-order chi connectivity index (χ0) is 15.5. The second-order valence-corrected chi connectivity index (χ2v) is 5.59. The van der Waals surface area contributed by atoms with Gasteiger partial charge in [0.1, 0.15) is 6.54 Å². The van der Waals surface area contributed by atoms with Crippen LogP contribution in [-0.4, -0.2) is 46.1 Å². The highest BCUT2D eigenvalue weighted by atomic mass is 16.2. The summed E-state index contributed by atoms with van der Waals surface area (Å²) in [6.07, 6.45) is 0.956. The smallest absolute Gasteiger partial charge is 0.329 e. The fourth-order valence-electron chi connectivity index (χ4n) is 3.06. The number of para-hydroxylation sites is 2. The fraction of sp³-hybridized carbons (Fsp3) is 0.500. The minimum Gasteiger partial charge on any atom is -0.340 e. The Morgan fingerprint density at radius 2 is 1.86 bits per heavy atom. The lowest BCUT2D eigenvalue weighted by Gasteiger charge is -2.20. The van der Waals surface area contributed by atoms with Crippen molar-refractivity contribution in [3.05, 3.63) is 34.7 Å². The molecule has 1 aromatic heterocycles. The Hall–Kier alpha value is -2.08. The predicted octanol–water partition coefficient (Wildman–Crippen LogP) is 0.645. The molecule has 3 rings (SSSR count). The first-order chi connectivity index (χ1) is 10.7. The lowest BCUT2D eigenvalue weighted by atomic mass is 10.3. The van der Waals surface area contributed by atoms with Crippen LogP contribution in [0.3, 0.4) is 0 Å². The van der Waals surface area contributed by atoms with Crippen molar-refractivity contribution in [2.75, 3.05) is 26.2 Å². The quantitative estimate of drug-likeness (QED) is 0.905. The van der Waals surface area contributed by atoms with Crippen LogP contribution in [0.15, 0.2) is 29.1 Å². The van der Waals surface area contributed by atoms with E-state index in [0.29, 0.717) is 13.1 Å². The maximum absolute atomic E-state index is 12.5. The van der Waals surface area contributed by atoms with E-state index in [0.717, 1.165) is 37.1 Å². The van der Waals surface area contributed by atoms with Crippen molar-refractivity contribution in [2.45, 2.75) is 26.4 Å². The molecule has 1 saturated heterocycles. The summed E-state index contributed by atoms with van der Waals surface area (Å²) in [7, 11) is 0. The van der Waals surface area contributed by atoms with Gasteiger partial charge in [-0.05, 0) is 32.0 Å². The van der Waals surface area contributed by atoms with E-state index >= 15 is 0 Å². The van der Waals surface area contributed by atoms with E-state index in [2.05, 4.69) is 5.32 Å². The molecule has 1 amide bonds. The lowest BCUT2D eigenvalue weighted by molar-refractivity contribution is -0.131. The first-order valence-corrected chi connectivity index (χ1v) is 7.89. The van der Waals surface area contributed by atoms with Gasteiger partial charge < -0.3 is 10.2 Å². The number of nitrogens with one attached hydrogen (secondary N) is 1. The minimum absolute atomic E-state index is 0.0183. The van der Waals surface area contributed by atoms with E-state index < -0.39 is 0 Å². The lowest BCUT2D eigenvalue weighted by Crippen LogP contribution is -2.38. The summed E-state index contributed by atoms with van der Waals surface area (Å²) in [5, 5.41) is 3.28.